The van der Waals surface area contributed by atoms with Crippen molar-refractivity contribution in [3.8, 4) is 0 Å². The number of halogens is 4. The summed E-state index contributed by atoms with van der Waals surface area (Å²) < 4.78 is 37.7. The number of aromatic carboxylic acids is 1. The Morgan fingerprint density at radius 1 is 1.31 bits per heavy atom. The second-order valence-electron chi connectivity index (χ2n) is 2.15. The molecule has 6 heteroatoms. The van der Waals surface area contributed by atoms with Gasteiger partial charge in [-0.15, -0.1) is 0 Å². The molecule has 0 aliphatic carbocycles. The van der Waals surface area contributed by atoms with E-state index in [-0.39, 0.29) is 6.07 Å². The number of carboxylic acids is 1. The lowest BCUT2D eigenvalue weighted by molar-refractivity contribution is 0.0690. The third-order valence-corrected chi connectivity index (χ3v) is 1.70. The Labute approximate surface area is 75.6 Å². The molecule has 0 atom stereocenters. The van der Waals surface area contributed by atoms with Crippen LogP contribution in [0.15, 0.2) is 6.07 Å². The van der Waals surface area contributed by atoms with Crippen LogP contribution in [0.25, 0.3) is 0 Å². The van der Waals surface area contributed by atoms with Crippen LogP contribution >= 0.6 is 11.6 Å². The minimum absolute atomic E-state index is 0.185. The number of carbonyl (C=O) groups is 1. The molecule has 0 radical (unpaired) electrons. The molecule has 1 rings (SSSR count). The van der Waals surface area contributed by atoms with Crippen molar-refractivity contribution in [2.45, 2.75) is 0 Å². The van der Waals surface area contributed by atoms with Crippen molar-refractivity contribution >= 4 is 17.6 Å². The van der Waals surface area contributed by atoms with Crippen LogP contribution in [-0.2, 0) is 0 Å². The second kappa shape index (κ2) is 3.26. The van der Waals surface area contributed by atoms with Crippen LogP contribution in [-0.4, -0.2) is 11.1 Å². The van der Waals surface area contributed by atoms with Gasteiger partial charge in [-0.3, -0.25) is 0 Å². The van der Waals surface area contributed by atoms with Crippen molar-refractivity contribution in [3.05, 3.63) is 34.1 Å². The third kappa shape index (κ3) is 1.60. The predicted molar refractivity (Wildman–Crippen MR) is 38.3 cm³/mol. The highest BCUT2D eigenvalue weighted by Crippen LogP contribution is 2.24. The maximum atomic E-state index is 12.7. The highest BCUT2D eigenvalue weighted by atomic mass is 35.5. The first kappa shape index (κ1) is 9.85. The molecule has 0 saturated carbocycles. The highest BCUT2D eigenvalue weighted by molar-refractivity contribution is 6.33. The predicted octanol–water partition coefficient (Wildman–Crippen LogP) is 2.46. The van der Waals surface area contributed by atoms with Crippen molar-refractivity contribution in [2.75, 3.05) is 0 Å². The Morgan fingerprint density at radius 2 is 1.85 bits per heavy atom. The van der Waals surface area contributed by atoms with Crippen LogP contribution in [0.2, 0.25) is 5.02 Å². The summed E-state index contributed by atoms with van der Waals surface area (Å²) in [4.78, 5) is 10.3. The molecule has 70 valence electrons. The summed E-state index contributed by atoms with van der Waals surface area (Å²) in [5, 5.41) is 7.40. The van der Waals surface area contributed by atoms with Crippen molar-refractivity contribution in [2.24, 2.45) is 0 Å². The van der Waals surface area contributed by atoms with E-state index in [0.29, 0.717) is 0 Å². The first-order valence-corrected chi connectivity index (χ1v) is 3.39. The fraction of sp³-hybridized carbons (Fsp3) is 0. The van der Waals surface area contributed by atoms with Gasteiger partial charge in [0.1, 0.15) is 11.4 Å². The van der Waals surface area contributed by atoms with Gasteiger partial charge in [0.2, 0.25) is 0 Å². The summed E-state index contributed by atoms with van der Waals surface area (Å²) in [6.07, 6.45) is 0. The fourth-order valence-electron chi connectivity index (χ4n) is 0.761. The topological polar surface area (TPSA) is 37.3 Å². The average molecular weight is 211 g/mol. The van der Waals surface area contributed by atoms with Gasteiger partial charge in [-0.2, -0.15) is 0 Å². The van der Waals surface area contributed by atoms with E-state index in [1.54, 1.807) is 0 Å². The van der Waals surface area contributed by atoms with E-state index >= 15 is 0 Å². The zero-order valence-corrected chi connectivity index (χ0v) is 6.70. The first-order valence-electron chi connectivity index (χ1n) is 3.01. The molecule has 0 unspecified atom stereocenters. The highest BCUT2D eigenvalue weighted by Gasteiger charge is 2.22. The van der Waals surface area contributed by atoms with E-state index in [0.717, 1.165) is 0 Å². The van der Waals surface area contributed by atoms with Crippen molar-refractivity contribution in [1.29, 1.82) is 0 Å². The number of benzene rings is 1. The summed E-state index contributed by atoms with van der Waals surface area (Å²) in [6.45, 7) is 0. The molecule has 0 aromatic heterocycles. The van der Waals surface area contributed by atoms with Gasteiger partial charge in [0.25, 0.3) is 0 Å². The molecular weight excluding hydrogens is 209 g/mol. The Balaban J connectivity index is 3.56. The molecule has 0 fully saturated rings. The van der Waals surface area contributed by atoms with E-state index in [1.807, 2.05) is 0 Å². The van der Waals surface area contributed by atoms with E-state index < -0.39 is 34.0 Å². The Morgan fingerprint density at radius 3 is 2.31 bits per heavy atom. The summed E-state index contributed by atoms with van der Waals surface area (Å²) >= 11 is 5.10. The lowest BCUT2D eigenvalue weighted by Crippen LogP contribution is -2.05. The third-order valence-electron chi connectivity index (χ3n) is 1.33. The Bertz CT molecular complexity index is 352. The Kier molecular flexibility index (Phi) is 2.47. The quantitative estimate of drug-likeness (QED) is 0.723. The summed E-state index contributed by atoms with van der Waals surface area (Å²) in [6, 6.07) is 0.185. The smallest absolute Gasteiger partial charge is 0.340 e. The Hall–Kier alpha value is -1.23. The van der Waals surface area contributed by atoms with Crippen LogP contribution in [0.1, 0.15) is 10.4 Å². The van der Waals surface area contributed by atoms with Gasteiger partial charge < -0.3 is 5.11 Å². The van der Waals surface area contributed by atoms with Crippen molar-refractivity contribution < 1.29 is 23.1 Å². The number of rotatable bonds is 1. The number of hydrogen-bond donors (Lipinski definition) is 1. The van der Waals surface area contributed by atoms with Gasteiger partial charge in [-0.05, 0) is 0 Å². The molecule has 0 spiro atoms. The molecule has 1 N–H and O–H groups in total. The van der Waals surface area contributed by atoms with Gasteiger partial charge in [0, 0.05) is 6.07 Å². The summed E-state index contributed by atoms with van der Waals surface area (Å²) in [5.74, 6) is -6.38. The zero-order valence-electron chi connectivity index (χ0n) is 5.94. The maximum absolute atomic E-state index is 12.7. The zero-order chi connectivity index (χ0) is 10.2. The molecule has 13 heavy (non-hydrogen) atoms. The molecular formula is C7H2ClF3O2. The molecule has 0 heterocycles. The monoisotopic (exact) mass is 210 g/mol. The molecule has 0 bridgehead atoms. The maximum Gasteiger partial charge on any atom is 0.340 e. The van der Waals surface area contributed by atoms with Crippen LogP contribution in [0, 0.1) is 17.5 Å². The van der Waals surface area contributed by atoms with Gasteiger partial charge in [0.05, 0.1) is 5.02 Å². The second-order valence-corrected chi connectivity index (χ2v) is 2.53. The molecule has 0 aliphatic rings. The number of hydrogen-bond acceptors (Lipinski definition) is 1. The van der Waals surface area contributed by atoms with E-state index in [2.05, 4.69) is 0 Å². The van der Waals surface area contributed by atoms with Gasteiger partial charge in [-0.1, -0.05) is 11.6 Å². The number of carboxylic acid groups (broad SMARTS) is 1. The normalized spacial score (nSPS) is 10.2. The summed E-state index contributed by atoms with van der Waals surface area (Å²) in [7, 11) is 0. The van der Waals surface area contributed by atoms with Crippen LogP contribution in [0.3, 0.4) is 0 Å². The van der Waals surface area contributed by atoms with Crippen LogP contribution in [0.4, 0.5) is 13.2 Å². The van der Waals surface area contributed by atoms with Crippen molar-refractivity contribution in [1.82, 2.24) is 0 Å². The van der Waals surface area contributed by atoms with Gasteiger partial charge >= 0.3 is 5.97 Å². The lowest BCUT2D eigenvalue weighted by Gasteiger charge is -2.02. The fourth-order valence-corrected chi connectivity index (χ4v) is 0.979. The van der Waals surface area contributed by atoms with E-state index in [9.17, 15) is 18.0 Å². The minimum Gasteiger partial charge on any atom is -0.478 e. The van der Waals surface area contributed by atoms with Crippen LogP contribution in [0.5, 0.6) is 0 Å². The van der Waals surface area contributed by atoms with Gasteiger partial charge in [0.15, 0.2) is 11.6 Å². The lowest BCUT2D eigenvalue weighted by atomic mass is 10.2. The summed E-state index contributed by atoms with van der Waals surface area (Å²) in [5.41, 5.74) is -1.20. The van der Waals surface area contributed by atoms with Crippen molar-refractivity contribution in [3.63, 3.8) is 0 Å². The molecule has 0 amide bonds. The largest absolute Gasteiger partial charge is 0.478 e. The van der Waals surface area contributed by atoms with E-state index in [1.165, 1.54) is 0 Å². The SMILES string of the molecule is O=C(O)c1c(F)c(F)cc(F)c1Cl. The molecule has 1 aromatic rings. The standard InChI is InChI=1S/C7H2ClF3O2/c8-5-2(9)1-3(10)6(11)4(5)7(12)13/h1H,(H,12,13). The van der Waals surface area contributed by atoms with E-state index in [4.69, 9.17) is 16.7 Å². The molecule has 2 nitrogen and oxygen atoms in total. The average Bonchev–Trinajstić information content (AvgIpc) is 2.01. The van der Waals surface area contributed by atoms with Crippen LogP contribution < -0.4 is 0 Å². The minimum atomic E-state index is -1.82. The molecule has 1 aromatic carbocycles. The van der Waals surface area contributed by atoms with Gasteiger partial charge in [-0.25, -0.2) is 18.0 Å². The molecule has 0 saturated heterocycles. The molecule has 0 aliphatic heterocycles. The first-order chi connectivity index (χ1) is 5.95.